The molecule has 0 amide bonds. The van der Waals surface area contributed by atoms with E-state index in [1.807, 2.05) is 6.07 Å². The molecule has 0 aromatic carbocycles. The molecule has 1 saturated heterocycles. The Kier molecular flexibility index (Phi) is 3.91. The highest BCUT2D eigenvalue weighted by molar-refractivity contribution is 7.20. The molecule has 3 rings (SSSR count). The van der Waals surface area contributed by atoms with Gasteiger partial charge in [-0.05, 0) is 25.5 Å². The van der Waals surface area contributed by atoms with Crippen LogP contribution in [0.4, 0.5) is 0 Å². The SMILES string of the molecule is Clc1cc(-c2csc(C3CCCNC3)n2)c(Cl)s1. The van der Waals surface area contributed by atoms with Gasteiger partial charge in [-0.1, -0.05) is 23.2 Å². The molecule has 0 aliphatic carbocycles. The maximum absolute atomic E-state index is 6.16. The summed E-state index contributed by atoms with van der Waals surface area (Å²) in [5, 5.41) is 6.70. The van der Waals surface area contributed by atoms with Crippen molar-refractivity contribution in [1.82, 2.24) is 10.3 Å². The van der Waals surface area contributed by atoms with Crippen LogP contribution >= 0.6 is 45.9 Å². The predicted molar refractivity (Wildman–Crippen MR) is 80.3 cm³/mol. The fourth-order valence-corrected chi connectivity index (χ4v) is 4.61. The first-order valence-electron chi connectivity index (χ1n) is 5.85. The van der Waals surface area contributed by atoms with Crippen LogP contribution in [0.3, 0.4) is 0 Å². The fourth-order valence-electron chi connectivity index (χ4n) is 2.18. The van der Waals surface area contributed by atoms with Gasteiger partial charge in [-0.2, -0.15) is 0 Å². The van der Waals surface area contributed by atoms with Crippen molar-refractivity contribution < 1.29 is 0 Å². The number of hydrogen-bond acceptors (Lipinski definition) is 4. The van der Waals surface area contributed by atoms with Crippen LogP contribution in [0.15, 0.2) is 11.4 Å². The Hall–Kier alpha value is -0.130. The third-order valence-electron chi connectivity index (χ3n) is 3.10. The van der Waals surface area contributed by atoms with Gasteiger partial charge in [0.25, 0.3) is 0 Å². The van der Waals surface area contributed by atoms with Gasteiger partial charge in [-0.3, -0.25) is 0 Å². The molecule has 0 spiro atoms. The summed E-state index contributed by atoms with van der Waals surface area (Å²) >= 11 is 15.2. The lowest BCUT2D eigenvalue weighted by Crippen LogP contribution is -2.28. The van der Waals surface area contributed by atoms with Crippen molar-refractivity contribution >= 4 is 45.9 Å². The summed E-state index contributed by atoms with van der Waals surface area (Å²) in [6.07, 6.45) is 2.45. The van der Waals surface area contributed by atoms with Gasteiger partial charge >= 0.3 is 0 Å². The van der Waals surface area contributed by atoms with Crippen molar-refractivity contribution in [1.29, 1.82) is 0 Å². The Morgan fingerprint density at radius 1 is 1.39 bits per heavy atom. The van der Waals surface area contributed by atoms with Crippen molar-refractivity contribution in [2.75, 3.05) is 13.1 Å². The van der Waals surface area contributed by atoms with Crippen LogP contribution in [0.5, 0.6) is 0 Å². The first kappa shape index (κ1) is 12.9. The molecule has 1 aliphatic rings. The normalized spacial score (nSPS) is 20.2. The molecule has 1 fully saturated rings. The second-order valence-corrected chi connectivity index (χ2v) is 7.53. The average Bonchev–Trinajstić information content (AvgIpc) is 2.97. The monoisotopic (exact) mass is 318 g/mol. The Morgan fingerprint density at radius 2 is 2.28 bits per heavy atom. The Balaban J connectivity index is 1.86. The van der Waals surface area contributed by atoms with Crippen LogP contribution in [0.25, 0.3) is 11.3 Å². The molecule has 3 heterocycles. The Bertz CT molecular complexity index is 544. The van der Waals surface area contributed by atoms with Gasteiger partial charge in [-0.15, -0.1) is 22.7 Å². The molecule has 2 nitrogen and oxygen atoms in total. The van der Waals surface area contributed by atoms with Gasteiger partial charge in [0, 0.05) is 23.4 Å². The van der Waals surface area contributed by atoms with E-state index in [-0.39, 0.29) is 0 Å². The van der Waals surface area contributed by atoms with Crippen molar-refractivity contribution in [3.8, 4) is 11.3 Å². The number of nitrogens with zero attached hydrogens (tertiary/aromatic N) is 1. The molecule has 6 heteroatoms. The molecule has 1 atom stereocenters. The van der Waals surface area contributed by atoms with Gasteiger partial charge in [0.15, 0.2) is 0 Å². The predicted octanol–water partition coefficient (Wildman–Crippen LogP) is 4.65. The number of thiophene rings is 1. The number of piperidine rings is 1. The van der Waals surface area contributed by atoms with E-state index in [2.05, 4.69) is 10.7 Å². The molecule has 96 valence electrons. The van der Waals surface area contributed by atoms with E-state index in [1.165, 1.54) is 29.2 Å². The zero-order valence-corrected chi connectivity index (χ0v) is 12.7. The van der Waals surface area contributed by atoms with Crippen LogP contribution in [-0.2, 0) is 0 Å². The van der Waals surface area contributed by atoms with E-state index >= 15 is 0 Å². The quantitative estimate of drug-likeness (QED) is 0.872. The molecule has 2 aromatic heterocycles. The summed E-state index contributed by atoms with van der Waals surface area (Å²) in [7, 11) is 0. The van der Waals surface area contributed by atoms with Gasteiger partial charge < -0.3 is 5.32 Å². The van der Waals surface area contributed by atoms with Gasteiger partial charge in [-0.25, -0.2) is 4.98 Å². The van der Waals surface area contributed by atoms with E-state index in [1.54, 1.807) is 11.3 Å². The number of nitrogens with one attached hydrogen (secondary N) is 1. The summed E-state index contributed by atoms with van der Waals surface area (Å²) in [4.78, 5) is 4.72. The number of rotatable bonds is 2. The second-order valence-electron chi connectivity index (χ2n) is 4.35. The van der Waals surface area contributed by atoms with Crippen molar-refractivity contribution in [2.24, 2.45) is 0 Å². The molecule has 0 radical (unpaired) electrons. The highest BCUT2D eigenvalue weighted by atomic mass is 35.5. The number of hydrogen-bond donors (Lipinski definition) is 1. The fraction of sp³-hybridized carbons (Fsp3) is 0.417. The lowest BCUT2D eigenvalue weighted by molar-refractivity contribution is 0.460. The average molecular weight is 319 g/mol. The molecule has 1 N–H and O–H groups in total. The lowest BCUT2D eigenvalue weighted by Gasteiger charge is -2.20. The van der Waals surface area contributed by atoms with Crippen molar-refractivity contribution in [3.63, 3.8) is 0 Å². The lowest BCUT2D eigenvalue weighted by atomic mass is 10.0. The largest absolute Gasteiger partial charge is 0.316 e. The van der Waals surface area contributed by atoms with Crippen LogP contribution in [-0.4, -0.2) is 18.1 Å². The maximum atomic E-state index is 6.16. The third kappa shape index (κ3) is 2.58. The molecular formula is C12H12Cl2N2S2. The minimum atomic E-state index is 0.547. The highest BCUT2D eigenvalue weighted by Gasteiger charge is 2.19. The number of thiazole rings is 1. The van der Waals surface area contributed by atoms with Crippen molar-refractivity contribution in [2.45, 2.75) is 18.8 Å². The smallest absolute Gasteiger partial charge is 0.104 e. The minimum absolute atomic E-state index is 0.547. The van der Waals surface area contributed by atoms with Gasteiger partial charge in [0.1, 0.15) is 4.34 Å². The molecule has 18 heavy (non-hydrogen) atoms. The molecule has 0 bridgehead atoms. The summed E-state index contributed by atoms with van der Waals surface area (Å²) in [6, 6.07) is 1.90. The number of aromatic nitrogens is 1. The first-order chi connectivity index (χ1) is 8.74. The van der Waals surface area contributed by atoms with Gasteiger partial charge in [0.05, 0.1) is 15.0 Å². The minimum Gasteiger partial charge on any atom is -0.316 e. The Morgan fingerprint density at radius 3 is 2.94 bits per heavy atom. The summed E-state index contributed by atoms with van der Waals surface area (Å²) in [5.41, 5.74) is 1.91. The Labute approximate surface area is 124 Å². The van der Waals surface area contributed by atoms with E-state index in [0.717, 1.165) is 28.7 Å². The summed E-state index contributed by atoms with van der Waals surface area (Å²) in [5.74, 6) is 0.547. The van der Waals surface area contributed by atoms with Gasteiger partial charge in [0.2, 0.25) is 0 Å². The van der Waals surface area contributed by atoms with Crippen LogP contribution < -0.4 is 5.32 Å². The zero-order valence-electron chi connectivity index (χ0n) is 9.58. The second kappa shape index (κ2) is 5.47. The van der Waals surface area contributed by atoms with Crippen LogP contribution in [0.1, 0.15) is 23.8 Å². The van der Waals surface area contributed by atoms with E-state index < -0.39 is 0 Å². The highest BCUT2D eigenvalue weighted by Crippen LogP contribution is 2.39. The van der Waals surface area contributed by atoms with Crippen LogP contribution in [0, 0.1) is 0 Å². The first-order valence-corrected chi connectivity index (χ1v) is 8.30. The summed E-state index contributed by atoms with van der Waals surface area (Å²) < 4.78 is 1.43. The molecule has 2 aromatic rings. The number of halogens is 2. The summed E-state index contributed by atoms with van der Waals surface area (Å²) in [6.45, 7) is 2.16. The van der Waals surface area contributed by atoms with E-state index in [4.69, 9.17) is 28.2 Å². The topological polar surface area (TPSA) is 24.9 Å². The molecule has 1 aliphatic heterocycles. The maximum Gasteiger partial charge on any atom is 0.104 e. The van der Waals surface area contributed by atoms with E-state index in [0.29, 0.717) is 10.3 Å². The molecule has 1 unspecified atom stereocenters. The standard InChI is InChI=1S/C12H12Cl2N2S2/c13-10-4-8(11(14)18-10)9-6-17-12(16-9)7-2-1-3-15-5-7/h4,6-7,15H,1-3,5H2. The van der Waals surface area contributed by atoms with Crippen molar-refractivity contribution in [3.05, 3.63) is 25.1 Å². The van der Waals surface area contributed by atoms with Crippen LogP contribution in [0.2, 0.25) is 8.67 Å². The molecular weight excluding hydrogens is 307 g/mol. The third-order valence-corrected chi connectivity index (χ3v) is 5.60. The van der Waals surface area contributed by atoms with E-state index in [9.17, 15) is 0 Å². The molecule has 0 saturated carbocycles. The zero-order chi connectivity index (χ0) is 12.5.